The number of aryl methyl sites for hydroxylation is 1. The van der Waals surface area contributed by atoms with E-state index in [1.807, 2.05) is 26.0 Å². The van der Waals surface area contributed by atoms with Gasteiger partial charge in [0.05, 0.1) is 31.4 Å². The van der Waals surface area contributed by atoms with E-state index >= 15 is 0 Å². The van der Waals surface area contributed by atoms with Gasteiger partial charge in [-0.2, -0.15) is 0 Å². The fourth-order valence-electron chi connectivity index (χ4n) is 4.04. The van der Waals surface area contributed by atoms with E-state index in [0.29, 0.717) is 0 Å². The van der Waals surface area contributed by atoms with E-state index in [4.69, 9.17) is 9.47 Å². The number of hydrogen-bond donors (Lipinski definition) is 1. The van der Waals surface area contributed by atoms with Crippen molar-refractivity contribution in [2.24, 2.45) is 0 Å². The van der Waals surface area contributed by atoms with E-state index < -0.39 is 14.9 Å². The lowest BCUT2D eigenvalue weighted by atomic mass is 9.93. The molecule has 0 radical (unpaired) electrons. The summed E-state index contributed by atoms with van der Waals surface area (Å²) in [5, 5.41) is 14.2. The molecule has 11 heteroatoms. The van der Waals surface area contributed by atoms with Crippen LogP contribution < -0.4 is 19.1 Å². The molecule has 0 bridgehead atoms. The summed E-state index contributed by atoms with van der Waals surface area (Å²) in [6.07, 6.45) is 1.28. The molecule has 0 saturated heterocycles. The number of benzene rings is 2. The molecule has 0 aromatic heterocycles. The van der Waals surface area contributed by atoms with Crippen LogP contribution >= 0.6 is 0 Å². The third-order valence-electron chi connectivity index (χ3n) is 5.89. The summed E-state index contributed by atoms with van der Waals surface area (Å²) in [5.41, 5.74) is 2.81. The molecular weight excluding hydrogens is 486 g/mol. The molecule has 0 saturated carbocycles. The first-order chi connectivity index (χ1) is 16.8. The number of rotatable bonds is 12. The van der Waals surface area contributed by atoms with Crippen LogP contribution in [0.1, 0.15) is 62.3 Å². The molecule has 0 spiro atoms. The van der Waals surface area contributed by atoms with Crippen molar-refractivity contribution in [3.05, 3.63) is 57.1 Å². The average Bonchev–Trinajstić information content (AvgIpc) is 2.79. The molecular formula is C25H35N3O7S. The number of anilines is 1. The molecule has 1 unspecified atom stereocenters. The van der Waals surface area contributed by atoms with E-state index in [9.17, 15) is 23.3 Å². The molecule has 0 aliphatic heterocycles. The van der Waals surface area contributed by atoms with Gasteiger partial charge >= 0.3 is 0 Å². The Bertz CT molecular complexity index is 1210. The van der Waals surface area contributed by atoms with Crippen molar-refractivity contribution >= 4 is 27.3 Å². The predicted octanol–water partition coefficient (Wildman–Crippen LogP) is 4.47. The van der Waals surface area contributed by atoms with Crippen LogP contribution in [0, 0.1) is 17.0 Å². The smallest absolute Gasteiger partial charge is 0.271 e. The third-order valence-corrected chi connectivity index (χ3v) is 7.07. The van der Waals surface area contributed by atoms with Crippen molar-refractivity contribution in [3.63, 3.8) is 0 Å². The number of nitro benzene ring substituents is 1. The molecule has 1 atom stereocenters. The topological polar surface area (TPSA) is 128 Å². The van der Waals surface area contributed by atoms with Gasteiger partial charge < -0.3 is 14.8 Å². The Morgan fingerprint density at radius 1 is 1.08 bits per heavy atom. The van der Waals surface area contributed by atoms with E-state index in [1.54, 1.807) is 7.11 Å². The monoisotopic (exact) mass is 521 g/mol. The van der Waals surface area contributed by atoms with E-state index in [0.717, 1.165) is 39.1 Å². The number of nitro groups is 1. The van der Waals surface area contributed by atoms with Gasteiger partial charge in [-0.1, -0.05) is 13.8 Å². The van der Waals surface area contributed by atoms with Crippen molar-refractivity contribution in [2.75, 3.05) is 31.3 Å². The highest BCUT2D eigenvalue weighted by Crippen LogP contribution is 2.34. The number of carbonyl (C=O) groups excluding carboxylic acids is 1. The van der Waals surface area contributed by atoms with Gasteiger partial charge in [-0.05, 0) is 61.1 Å². The minimum Gasteiger partial charge on any atom is -0.496 e. The molecule has 2 aromatic rings. The van der Waals surface area contributed by atoms with Crippen LogP contribution in [0.2, 0.25) is 0 Å². The molecule has 36 heavy (non-hydrogen) atoms. The molecule has 198 valence electrons. The average molecular weight is 522 g/mol. The van der Waals surface area contributed by atoms with Gasteiger partial charge in [-0.3, -0.25) is 19.2 Å². The van der Waals surface area contributed by atoms with Gasteiger partial charge in [0.15, 0.2) is 0 Å². The molecule has 2 aromatic carbocycles. The minimum absolute atomic E-state index is 0.0444. The summed E-state index contributed by atoms with van der Waals surface area (Å²) >= 11 is 0. The lowest BCUT2D eigenvalue weighted by molar-refractivity contribution is -0.384. The molecule has 10 nitrogen and oxygen atoms in total. The zero-order valence-electron chi connectivity index (χ0n) is 21.8. The maximum atomic E-state index is 12.7. The maximum absolute atomic E-state index is 12.7. The number of carbonyl (C=O) groups is 1. The molecule has 1 amide bonds. The minimum atomic E-state index is -3.80. The Labute approximate surface area is 212 Å². The van der Waals surface area contributed by atoms with Gasteiger partial charge in [0, 0.05) is 25.1 Å². The van der Waals surface area contributed by atoms with Crippen molar-refractivity contribution in [1.82, 2.24) is 5.32 Å². The lowest BCUT2D eigenvalue weighted by Crippen LogP contribution is -2.33. The zero-order chi connectivity index (χ0) is 27.2. The second-order valence-electron chi connectivity index (χ2n) is 8.95. The Morgan fingerprint density at radius 3 is 2.25 bits per heavy atom. The van der Waals surface area contributed by atoms with Crippen molar-refractivity contribution in [1.29, 1.82) is 0 Å². The first-order valence-electron chi connectivity index (χ1n) is 11.6. The van der Waals surface area contributed by atoms with E-state index in [1.165, 1.54) is 19.2 Å². The highest BCUT2D eigenvalue weighted by atomic mass is 32.2. The summed E-state index contributed by atoms with van der Waals surface area (Å²) < 4.78 is 36.7. The summed E-state index contributed by atoms with van der Waals surface area (Å²) in [5.74, 6) is 1.00. The number of nitrogens with zero attached hydrogens (tertiary/aromatic N) is 2. The highest BCUT2D eigenvalue weighted by molar-refractivity contribution is 7.92. The van der Waals surface area contributed by atoms with Gasteiger partial charge in [-0.15, -0.1) is 0 Å². The number of hydrogen-bond acceptors (Lipinski definition) is 7. The van der Waals surface area contributed by atoms with Crippen LogP contribution in [0.15, 0.2) is 30.3 Å². The number of amides is 1. The fraction of sp³-hybridized carbons (Fsp3) is 0.480. The summed E-state index contributed by atoms with van der Waals surface area (Å²) in [7, 11) is -0.809. The predicted molar refractivity (Wildman–Crippen MR) is 139 cm³/mol. The van der Waals surface area contributed by atoms with E-state index in [2.05, 4.69) is 19.2 Å². The van der Waals surface area contributed by atoms with Crippen molar-refractivity contribution in [3.8, 4) is 11.5 Å². The number of nitrogens with one attached hydrogen (secondary N) is 1. The number of sulfonamides is 1. The molecule has 1 N–H and O–H groups in total. The molecule has 0 aliphatic rings. The highest BCUT2D eigenvalue weighted by Gasteiger charge is 2.24. The Kier molecular flexibility index (Phi) is 9.69. The normalized spacial score (nSPS) is 12.2. The first-order valence-corrected chi connectivity index (χ1v) is 13.4. The van der Waals surface area contributed by atoms with Gasteiger partial charge in [0.1, 0.15) is 17.2 Å². The first kappa shape index (κ1) is 28.9. The van der Waals surface area contributed by atoms with Gasteiger partial charge in [0.2, 0.25) is 15.9 Å². The summed E-state index contributed by atoms with van der Waals surface area (Å²) in [4.78, 5) is 23.3. The van der Waals surface area contributed by atoms with Crippen LogP contribution in [-0.2, 0) is 14.8 Å². The fourth-order valence-corrected chi connectivity index (χ4v) is 5.00. The van der Waals surface area contributed by atoms with Crippen LogP contribution in [-0.4, -0.2) is 46.3 Å². The van der Waals surface area contributed by atoms with Crippen LogP contribution in [0.5, 0.6) is 11.5 Å². The van der Waals surface area contributed by atoms with E-state index in [-0.39, 0.29) is 54.4 Å². The molecule has 0 heterocycles. The standard InChI is InChI=1S/C25H35N3O7S/c1-16(2)20-15-21(17(3)13-24(20)35-6)18(4)26-25(29)9-8-12-27(36(7,32)33)22-14-19(28(30)31)10-11-23(22)34-5/h10-11,13-16,18H,8-9,12H2,1-7H3,(H,26,29). The molecule has 0 fully saturated rings. The quantitative estimate of drug-likeness (QED) is 0.322. The lowest BCUT2D eigenvalue weighted by Gasteiger charge is -2.24. The Balaban J connectivity index is 2.15. The summed E-state index contributed by atoms with van der Waals surface area (Å²) in [6, 6.07) is 7.49. The Morgan fingerprint density at radius 2 is 1.72 bits per heavy atom. The van der Waals surface area contributed by atoms with Crippen LogP contribution in [0.25, 0.3) is 0 Å². The van der Waals surface area contributed by atoms with Crippen molar-refractivity contribution in [2.45, 2.75) is 52.5 Å². The SMILES string of the molecule is COc1cc(C)c(C(C)NC(=O)CCCN(c2cc([N+](=O)[O-])ccc2OC)S(C)(=O)=O)cc1C(C)C. The van der Waals surface area contributed by atoms with Gasteiger partial charge in [0.25, 0.3) is 5.69 Å². The van der Waals surface area contributed by atoms with Crippen LogP contribution in [0.3, 0.4) is 0 Å². The largest absolute Gasteiger partial charge is 0.496 e. The second kappa shape index (κ2) is 12.1. The maximum Gasteiger partial charge on any atom is 0.271 e. The second-order valence-corrected chi connectivity index (χ2v) is 10.9. The number of ether oxygens (including phenoxy) is 2. The number of methoxy groups -OCH3 is 2. The van der Waals surface area contributed by atoms with Crippen LogP contribution in [0.4, 0.5) is 11.4 Å². The Hall–Kier alpha value is -3.34. The molecule has 0 aliphatic carbocycles. The zero-order valence-corrected chi connectivity index (χ0v) is 22.6. The van der Waals surface area contributed by atoms with Gasteiger partial charge in [-0.25, -0.2) is 8.42 Å². The van der Waals surface area contributed by atoms with Crippen molar-refractivity contribution < 1.29 is 27.6 Å². The molecule has 2 rings (SSSR count). The summed E-state index contributed by atoms with van der Waals surface area (Å²) in [6.45, 7) is 7.96. The third kappa shape index (κ3) is 7.09. The number of non-ortho nitro benzene ring substituents is 1.